The molecular formula is C21H21ClN6O4. The standard InChI is InChI=1S/C21H21ClN6O4/c1-14-4-2-5-16(22)15(14)12-23-19-18(28(30)31)20(25-13-24-19)26-7-9-27(10-8-26)21(29)17-6-3-11-32-17/h2-6,11,13H,7-10,12H2,1H3,(H,23,24,25). The monoisotopic (exact) mass is 456 g/mol. The summed E-state index contributed by atoms with van der Waals surface area (Å²) in [5.41, 5.74) is 1.61. The summed E-state index contributed by atoms with van der Waals surface area (Å²) in [6.07, 6.45) is 2.75. The quantitative estimate of drug-likeness (QED) is 0.442. The third-order valence-corrected chi connectivity index (χ3v) is 5.72. The molecule has 1 amide bonds. The molecule has 3 aromatic rings. The number of hydrogen-bond donors (Lipinski definition) is 1. The van der Waals surface area contributed by atoms with Gasteiger partial charge in [0.05, 0.1) is 11.2 Å². The zero-order valence-corrected chi connectivity index (χ0v) is 18.1. The highest BCUT2D eigenvalue weighted by Gasteiger charge is 2.31. The highest BCUT2D eigenvalue weighted by Crippen LogP contribution is 2.33. The van der Waals surface area contributed by atoms with Gasteiger partial charge in [-0.25, -0.2) is 9.97 Å². The van der Waals surface area contributed by atoms with Gasteiger partial charge in [0, 0.05) is 37.7 Å². The van der Waals surface area contributed by atoms with E-state index in [0.717, 1.165) is 11.1 Å². The summed E-state index contributed by atoms with van der Waals surface area (Å²) in [7, 11) is 0. The normalized spacial score (nSPS) is 13.8. The molecule has 1 fully saturated rings. The van der Waals surface area contributed by atoms with E-state index in [0.29, 0.717) is 31.2 Å². The first-order chi connectivity index (χ1) is 15.5. The number of aryl methyl sites for hydroxylation is 1. The van der Waals surface area contributed by atoms with E-state index in [-0.39, 0.29) is 35.5 Å². The molecule has 1 aromatic carbocycles. The van der Waals surface area contributed by atoms with Crippen molar-refractivity contribution < 1.29 is 14.1 Å². The molecule has 0 saturated carbocycles. The zero-order valence-electron chi connectivity index (χ0n) is 17.3. The van der Waals surface area contributed by atoms with Crippen LogP contribution in [0.25, 0.3) is 0 Å². The average Bonchev–Trinajstić information content (AvgIpc) is 3.33. The van der Waals surface area contributed by atoms with Crippen LogP contribution in [-0.2, 0) is 6.54 Å². The van der Waals surface area contributed by atoms with Crippen molar-refractivity contribution in [3.63, 3.8) is 0 Å². The molecular weight excluding hydrogens is 436 g/mol. The van der Waals surface area contributed by atoms with Gasteiger partial charge in [0.1, 0.15) is 6.33 Å². The van der Waals surface area contributed by atoms with Crippen LogP contribution in [-0.4, -0.2) is 51.9 Å². The highest BCUT2D eigenvalue weighted by molar-refractivity contribution is 6.31. The minimum atomic E-state index is -0.489. The van der Waals surface area contributed by atoms with Crippen LogP contribution in [0.2, 0.25) is 5.02 Å². The molecule has 1 aliphatic rings. The smallest absolute Gasteiger partial charge is 0.353 e. The summed E-state index contributed by atoms with van der Waals surface area (Å²) in [6.45, 7) is 3.78. The number of nitro groups is 1. The van der Waals surface area contributed by atoms with E-state index < -0.39 is 4.92 Å². The van der Waals surface area contributed by atoms with Crippen molar-refractivity contribution in [2.75, 3.05) is 36.4 Å². The number of aromatic nitrogens is 2. The number of piperazine rings is 1. The molecule has 2 aromatic heterocycles. The third kappa shape index (κ3) is 4.35. The molecule has 10 nitrogen and oxygen atoms in total. The van der Waals surface area contributed by atoms with E-state index in [2.05, 4.69) is 15.3 Å². The van der Waals surface area contributed by atoms with Crippen LogP contribution >= 0.6 is 11.6 Å². The Morgan fingerprint density at radius 1 is 1.22 bits per heavy atom. The molecule has 3 heterocycles. The van der Waals surface area contributed by atoms with E-state index in [9.17, 15) is 14.9 Å². The number of benzene rings is 1. The van der Waals surface area contributed by atoms with Gasteiger partial charge in [-0.15, -0.1) is 0 Å². The maximum atomic E-state index is 12.5. The average molecular weight is 457 g/mol. The van der Waals surface area contributed by atoms with Crippen molar-refractivity contribution in [3.05, 3.63) is 74.9 Å². The lowest BCUT2D eigenvalue weighted by atomic mass is 10.1. The molecule has 1 aliphatic heterocycles. The topological polar surface area (TPSA) is 118 Å². The Bertz CT molecular complexity index is 1110. The SMILES string of the molecule is Cc1cccc(Cl)c1CNc1ncnc(N2CCN(C(=O)c3ccco3)CC2)c1[N+](=O)[O-]. The molecule has 4 rings (SSSR count). The molecule has 1 saturated heterocycles. The fourth-order valence-corrected chi connectivity index (χ4v) is 3.93. The number of carbonyl (C=O) groups excluding carboxylic acids is 1. The Kier molecular flexibility index (Phi) is 6.22. The van der Waals surface area contributed by atoms with Gasteiger partial charge < -0.3 is 19.5 Å². The molecule has 32 heavy (non-hydrogen) atoms. The maximum Gasteiger partial charge on any atom is 0.353 e. The van der Waals surface area contributed by atoms with Gasteiger partial charge in [-0.2, -0.15) is 0 Å². The van der Waals surface area contributed by atoms with Crippen LogP contribution in [0.3, 0.4) is 0 Å². The second-order valence-corrected chi connectivity index (χ2v) is 7.70. The number of nitrogens with zero attached hydrogens (tertiary/aromatic N) is 5. The van der Waals surface area contributed by atoms with Crippen LogP contribution in [0, 0.1) is 17.0 Å². The van der Waals surface area contributed by atoms with Gasteiger partial charge in [-0.05, 0) is 36.2 Å². The van der Waals surface area contributed by atoms with Gasteiger partial charge >= 0.3 is 5.69 Å². The Balaban J connectivity index is 1.51. The second kappa shape index (κ2) is 9.23. The van der Waals surface area contributed by atoms with Gasteiger partial charge in [0.15, 0.2) is 5.76 Å². The Hall–Kier alpha value is -3.66. The zero-order chi connectivity index (χ0) is 22.7. The Labute approximate surface area is 189 Å². The van der Waals surface area contributed by atoms with E-state index in [4.69, 9.17) is 16.0 Å². The van der Waals surface area contributed by atoms with Crippen molar-refractivity contribution in [1.82, 2.24) is 14.9 Å². The second-order valence-electron chi connectivity index (χ2n) is 7.30. The lowest BCUT2D eigenvalue weighted by Crippen LogP contribution is -2.49. The molecule has 0 bridgehead atoms. The van der Waals surface area contributed by atoms with Gasteiger partial charge in [0.25, 0.3) is 5.91 Å². The molecule has 0 spiro atoms. The Morgan fingerprint density at radius 2 is 2.00 bits per heavy atom. The lowest BCUT2D eigenvalue weighted by molar-refractivity contribution is -0.383. The molecule has 0 atom stereocenters. The first-order valence-corrected chi connectivity index (χ1v) is 10.4. The number of rotatable bonds is 6. The van der Waals surface area contributed by atoms with Crippen molar-refractivity contribution in [1.29, 1.82) is 0 Å². The minimum absolute atomic E-state index is 0.119. The number of amides is 1. The number of halogens is 1. The van der Waals surface area contributed by atoms with E-state index in [1.54, 1.807) is 28.0 Å². The minimum Gasteiger partial charge on any atom is -0.459 e. The maximum absolute atomic E-state index is 12.5. The summed E-state index contributed by atoms with van der Waals surface area (Å²) < 4.78 is 5.17. The molecule has 11 heteroatoms. The van der Waals surface area contributed by atoms with Crippen LogP contribution in [0.1, 0.15) is 21.7 Å². The Morgan fingerprint density at radius 3 is 2.66 bits per heavy atom. The fraction of sp³-hybridized carbons (Fsp3) is 0.286. The number of furan rings is 1. The van der Waals surface area contributed by atoms with Gasteiger partial charge in [-0.3, -0.25) is 14.9 Å². The molecule has 0 unspecified atom stereocenters. The van der Waals surface area contributed by atoms with Crippen LogP contribution in [0.5, 0.6) is 0 Å². The highest BCUT2D eigenvalue weighted by atomic mass is 35.5. The third-order valence-electron chi connectivity index (χ3n) is 5.37. The van der Waals surface area contributed by atoms with Gasteiger partial charge in [-0.1, -0.05) is 23.7 Å². The largest absolute Gasteiger partial charge is 0.459 e. The summed E-state index contributed by atoms with van der Waals surface area (Å²) in [5.74, 6) is 0.402. The predicted molar refractivity (Wildman–Crippen MR) is 119 cm³/mol. The van der Waals surface area contributed by atoms with Crippen molar-refractivity contribution in [2.24, 2.45) is 0 Å². The van der Waals surface area contributed by atoms with Gasteiger partial charge in [0.2, 0.25) is 11.6 Å². The predicted octanol–water partition coefficient (Wildman–Crippen LogP) is 3.51. The van der Waals surface area contributed by atoms with E-state index in [1.165, 1.54) is 12.6 Å². The first-order valence-electron chi connectivity index (χ1n) is 10.0. The van der Waals surface area contributed by atoms with Crippen molar-refractivity contribution >= 4 is 34.8 Å². The number of nitrogens with one attached hydrogen (secondary N) is 1. The van der Waals surface area contributed by atoms with Crippen LogP contribution < -0.4 is 10.2 Å². The summed E-state index contributed by atoms with van der Waals surface area (Å²) in [5, 5.41) is 15.5. The number of anilines is 2. The van der Waals surface area contributed by atoms with E-state index in [1.807, 2.05) is 19.1 Å². The van der Waals surface area contributed by atoms with Crippen molar-refractivity contribution in [3.8, 4) is 0 Å². The van der Waals surface area contributed by atoms with Crippen molar-refractivity contribution in [2.45, 2.75) is 13.5 Å². The first kappa shape index (κ1) is 21.6. The molecule has 1 N–H and O–H groups in total. The summed E-state index contributed by atoms with van der Waals surface area (Å²) in [4.78, 5) is 35.6. The lowest BCUT2D eigenvalue weighted by Gasteiger charge is -2.34. The summed E-state index contributed by atoms with van der Waals surface area (Å²) >= 11 is 6.27. The molecule has 0 aliphatic carbocycles. The van der Waals surface area contributed by atoms with Crippen LogP contribution in [0.15, 0.2) is 47.3 Å². The summed E-state index contributed by atoms with van der Waals surface area (Å²) in [6, 6.07) is 8.82. The van der Waals surface area contributed by atoms with Crippen LogP contribution in [0.4, 0.5) is 17.3 Å². The molecule has 0 radical (unpaired) electrons. The fourth-order valence-electron chi connectivity index (χ4n) is 3.64. The number of hydrogen-bond acceptors (Lipinski definition) is 8. The van der Waals surface area contributed by atoms with E-state index >= 15 is 0 Å². The molecule has 166 valence electrons. The number of carbonyl (C=O) groups is 1.